The van der Waals surface area contributed by atoms with Gasteiger partial charge in [-0.3, -0.25) is 4.79 Å². The van der Waals surface area contributed by atoms with Crippen molar-refractivity contribution in [2.45, 2.75) is 39.2 Å². The van der Waals surface area contributed by atoms with Gasteiger partial charge in [-0.25, -0.2) is 0 Å². The summed E-state index contributed by atoms with van der Waals surface area (Å²) in [5.74, 6) is 1.34. The van der Waals surface area contributed by atoms with E-state index in [0.29, 0.717) is 5.75 Å². The lowest BCUT2D eigenvalue weighted by atomic mass is 9.87. The molecule has 0 spiro atoms. The predicted molar refractivity (Wildman–Crippen MR) is 100 cm³/mol. The first-order valence-corrected chi connectivity index (χ1v) is 8.46. The number of amides is 1. The van der Waals surface area contributed by atoms with Crippen molar-refractivity contribution in [2.75, 3.05) is 13.7 Å². The van der Waals surface area contributed by atoms with Crippen LogP contribution in [0.15, 0.2) is 48.5 Å². The maximum absolute atomic E-state index is 12.1. The van der Waals surface area contributed by atoms with Gasteiger partial charge in [-0.15, -0.1) is 0 Å². The van der Waals surface area contributed by atoms with Crippen LogP contribution < -0.4 is 14.8 Å². The van der Waals surface area contributed by atoms with Gasteiger partial charge in [-0.1, -0.05) is 45.0 Å². The Bertz CT molecular complexity index is 685. The molecule has 0 unspecified atom stereocenters. The minimum absolute atomic E-state index is 0.00460. The van der Waals surface area contributed by atoms with Gasteiger partial charge in [0.15, 0.2) is 6.61 Å². The van der Waals surface area contributed by atoms with Crippen molar-refractivity contribution in [1.82, 2.24) is 5.32 Å². The maximum Gasteiger partial charge on any atom is 0.258 e. The van der Waals surface area contributed by atoms with Crippen LogP contribution in [-0.2, 0) is 10.2 Å². The first kappa shape index (κ1) is 18.8. The number of rotatable bonds is 6. The summed E-state index contributed by atoms with van der Waals surface area (Å²) in [5.41, 5.74) is 2.35. The Hall–Kier alpha value is -2.49. The Labute approximate surface area is 150 Å². The molecule has 1 N–H and O–H groups in total. The first-order chi connectivity index (χ1) is 11.8. The van der Waals surface area contributed by atoms with Crippen LogP contribution in [0.2, 0.25) is 0 Å². The number of hydrogen-bond donors (Lipinski definition) is 1. The van der Waals surface area contributed by atoms with E-state index in [-0.39, 0.29) is 24.0 Å². The fraction of sp³-hybridized carbons (Fsp3) is 0.381. The third-order valence-electron chi connectivity index (χ3n) is 4.08. The second-order valence-electron chi connectivity index (χ2n) is 7.13. The second-order valence-corrected chi connectivity index (χ2v) is 7.13. The van der Waals surface area contributed by atoms with Crippen LogP contribution in [0.4, 0.5) is 0 Å². The van der Waals surface area contributed by atoms with E-state index in [2.05, 4.69) is 26.1 Å². The Morgan fingerprint density at radius 2 is 1.56 bits per heavy atom. The van der Waals surface area contributed by atoms with Gasteiger partial charge >= 0.3 is 0 Å². The molecule has 4 heteroatoms. The molecule has 0 aliphatic rings. The average molecular weight is 341 g/mol. The molecule has 2 aromatic rings. The molecule has 0 radical (unpaired) electrons. The zero-order chi connectivity index (χ0) is 18.4. The molecule has 2 aromatic carbocycles. The molecular weight excluding hydrogens is 314 g/mol. The molecule has 4 nitrogen and oxygen atoms in total. The Balaban J connectivity index is 1.85. The van der Waals surface area contributed by atoms with Crippen molar-refractivity contribution >= 4 is 5.91 Å². The number of nitrogens with one attached hydrogen (secondary N) is 1. The Morgan fingerprint density at radius 3 is 2.08 bits per heavy atom. The monoisotopic (exact) mass is 341 g/mol. The van der Waals surface area contributed by atoms with Crippen LogP contribution in [-0.4, -0.2) is 19.6 Å². The van der Waals surface area contributed by atoms with Crippen LogP contribution in [0, 0.1) is 0 Å². The Kier molecular flexibility index (Phi) is 6.07. The van der Waals surface area contributed by atoms with Crippen LogP contribution in [0.1, 0.15) is 44.9 Å². The molecule has 0 bridgehead atoms. The summed E-state index contributed by atoms with van der Waals surface area (Å²) in [6, 6.07) is 15.4. The number of hydrogen-bond acceptors (Lipinski definition) is 3. The lowest BCUT2D eigenvalue weighted by Crippen LogP contribution is -2.31. The standard InChI is InChI=1S/C21H27NO3/c1-15(16-6-10-18(24-5)11-7-16)22-20(23)14-25-19-12-8-17(9-13-19)21(2,3)4/h6-13,15H,14H2,1-5H3,(H,22,23)/t15-/m0/s1. The summed E-state index contributed by atoms with van der Waals surface area (Å²) in [5, 5.41) is 2.93. The number of ether oxygens (including phenoxy) is 2. The fourth-order valence-corrected chi connectivity index (χ4v) is 2.46. The van der Waals surface area contributed by atoms with E-state index < -0.39 is 0 Å². The first-order valence-electron chi connectivity index (χ1n) is 8.46. The van der Waals surface area contributed by atoms with Gasteiger partial charge in [0.05, 0.1) is 13.2 Å². The van der Waals surface area contributed by atoms with Crippen molar-refractivity contribution in [3.05, 3.63) is 59.7 Å². The molecule has 0 aromatic heterocycles. The number of benzene rings is 2. The van der Waals surface area contributed by atoms with Crippen LogP contribution in [0.3, 0.4) is 0 Å². The van der Waals surface area contributed by atoms with Gasteiger partial charge in [-0.2, -0.15) is 0 Å². The van der Waals surface area contributed by atoms with E-state index in [4.69, 9.17) is 9.47 Å². The second kappa shape index (κ2) is 8.06. The lowest BCUT2D eigenvalue weighted by Gasteiger charge is -2.19. The third-order valence-corrected chi connectivity index (χ3v) is 4.08. The van der Waals surface area contributed by atoms with Crippen molar-refractivity contribution in [3.63, 3.8) is 0 Å². The smallest absolute Gasteiger partial charge is 0.258 e. The molecule has 0 heterocycles. The van der Waals surface area contributed by atoms with E-state index in [9.17, 15) is 4.79 Å². The van der Waals surface area contributed by atoms with Gasteiger partial charge in [-0.05, 0) is 47.7 Å². The molecule has 0 fully saturated rings. The van der Waals surface area contributed by atoms with Crippen molar-refractivity contribution in [2.24, 2.45) is 0 Å². The molecule has 0 saturated carbocycles. The van der Waals surface area contributed by atoms with Gasteiger partial charge in [0.2, 0.25) is 0 Å². The lowest BCUT2D eigenvalue weighted by molar-refractivity contribution is -0.123. The van der Waals surface area contributed by atoms with E-state index in [1.54, 1.807) is 7.11 Å². The largest absolute Gasteiger partial charge is 0.497 e. The van der Waals surface area contributed by atoms with E-state index in [1.165, 1.54) is 5.56 Å². The highest BCUT2D eigenvalue weighted by Gasteiger charge is 2.14. The van der Waals surface area contributed by atoms with Crippen LogP contribution >= 0.6 is 0 Å². The summed E-state index contributed by atoms with van der Waals surface area (Å²) in [6.07, 6.45) is 0. The highest BCUT2D eigenvalue weighted by molar-refractivity contribution is 5.78. The van der Waals surface area contributed by atoms with Crippen molar-refractivity contribution in [3.8, 4) is 11.5 Å². The van der Waals surface area contributed by atoms with Crippen molar-refractivity contribution in [1.29, 1.82) is 0 Å². The number of carbonyl (C=O) groups is 1. The zero-order valence-corrected chi connectivity index (χ0v) is 15.6. The van der Waals surface area contributed by atoms with Crippen molar-refractivity contribution < 1.29 is 14.3 Å². The third kappa shape index (κ3) is 5.52. The fourth-order valence-electron chi connectivity index (χ4n) is 2.46. The minimum Gasteiger partial charge on any atom is -0.497 e. The highest BCUT2D eigenvalue weighted by Crippen LogP contribution is 2.24. The average Bonchev–Trinajstić information content (AvgIpc) is 2.59. The van der Waals surface area contributed by atoms with E-state index >= 15 is 0 Å². The molecule has 0 aliphatic heterocycles. The molecule has 0 saturated heterocycles. The van der Waals surface area contributed by atoms with Crippen LogP contribution in [0.5, 0.6) is 11.5 Å². The van der Waals surface area contributed by atoms with E-state index in [0.717, 1.165) is 11.3 Å². The highest BCUT2D eigenvalue weighted by atomic mass is 16.5. The Morgan fingerprint density at radius 1 is 1.00 bits per heavy atom. The van der Waals surface area contributed by atoms with E-state index in [1.807, 2.05) is 55.5 Å². The predicted octanol–water partition coefficient (Wildman–Crippen LogP) is 4.25. The SMILES string of the molecule is COc1ccc([C@H](C)NC(=O)COc2ccc(C(C)(C)C)cc2)cc1. The molecule has 134 valence electrons. The van der Waals surface area contributed by atoms with Gasteiger partial charge < -0.3 is 14.8 Å². The molecule has 2 rings (SSSR count). The maximum atomic E-state index is 12.1. The van der Waals surface area contributed by atoms with Gasteiger partial charge in [0, 0.05) is 0 Å². The molecule has 1 amide bonds. The quantitative estimate of drug-likeness (QED) is 0.854. The molecular formula is C21H27NO3. The zero-order valence-electron chi connectivity index (χ0n) is 15.6. The number of carbonyl (C=O) groups excluding carboxylic acids is 1. The van der Waals surface area contributed by atoms with Crippen LogP contribution in [0.25, 0.3) is 0 Å². The number of methoxy groups -OCH3 is 1. The summed E-state index contributed by atoms with van der Waals surface area (Å²) in [6.45, 7) is 8.43. The molecule has 0 aliphatic carbocycles. The normalized spacial score (nSPS) is 12.4. The molecule has 25 heavy (non-hydrogen) atoms. The topological polar surface area (TPSA) is 47.6 Å². The van der Waals surface area contributed by atoms with Gasteiger partial charge in [0.25, 0.3) is 5.91 Å². The summed E-state index contributed by atoms with van der Waals surface area (Å²) in [7, 11) is 1.63. The summed E-state index contributed by atoms with van der Waals surface area (Å²) in [4.78, 5) is 12.1. The van der Waals surface area contributed by atoms with Gasteiger partial charge in [0.1, 0.15) is 11.5 Å². The summed E-state index contributed by atoms with van der Waals surface area (Å²) < 4.78 is 10.7. The molecule has 1 atom stereocenters. The minimum atomic E-state index is -0.150. The summed E-state index contributed by atoms with van der Waals surface area (Å²) >= 11 is 0.